The number of hydrogen-bond acceptors (Lipinski definition) is 5. The quantitative estimate of drug-likeness (QED) is 0.624. The van der Waals surface area contributed by atoms with Crippen molar-refractivity contribution in [2.75, 3.05) is 11.3 Å². The molecule has 2 aliphatic rings. The molecule has 0 saturated heterocycles. The maximum Gasteiger partial charge on any atom is 0.405 e. The molecule has 1 amide bonds. The average molecular weight is 326 g/mol. The number of amides is 1. The summed E-state index contributed by atoms with van der Waals surface area (Å²) < 4.78 is 34.3. The minimum absolute atomic E-state index is 0.135. The number of nitrogens with two attached hydrogens (primary N) is 1. The highest BCUT2D eigenvalue weighted by Gasteiger charge is 2.45. The largest absolute Gasteiger partial charge is 0.490 e. The minimum Gasteiger partial charge on any atom is -0.490 e. The molecule has 3 rings (SSSR count). The van der Waals surface area contributed by atoms with E-state index in [1.165, 1.54) is 0 Å². The molecule has 0 bridgehead atoms. The number of amidine groups is 1. The second-order valence-electron chi connectivity index (χ2n) is 5.23. The zero-order valence-electron chi connectivity index (χ0n) is 11.4. The van der Waals surface area contributed by atoms with Crippen molar-refractivity contribution in [3.8, 4) is 5.75 Å². The molecule has 0 radical (unpaired) electrons. The van der Waals surface area contributed by atoms with Crippen molar-refractivity contribution >= 4 is 27.8 Å². The lowest BCUT2D eigenvalue weighted by molar-refractivity contribution is 0.177. The molecule has 0 unspecified atom stereocenters. The number of nitrogens with zero attached hydrogens (tertiary/aromatic N) is 1. The molecule has 1 aromatic carbocycles. The van der Waals surface area contributed by atoms with E-state index in [2.05, 4.69) is 14.4 Å². The van der Waals surface area contributed by atoms with E-state index in [0.29, 0.717) is 24.2 Å². The maximum absolute atomic E-state index is 11.5. The standard InChI is InChI=1S/C12H14N4O5S/c13-10-9-7(15-22(19,20)16-10)2-1-3-8(9)21-6-12(4-5-12)14-11(17)18/h1-3,14-15H,4-6H2,(H2,13,16)(H,17,18). The normalized spacial score (nSPS) is 20.1. The molecule has 118 valence electrons. The van der Waals surface area contributed by atoms with Crippen molar-refractivity contribution in [1.29, 1.82) is 0 Å². The molecule has 10 heteroatoms. The van der Waals surface area contributed by atoms with Gasteiger partial charge in [-0.1, -0.05) is 6.07 Å². The topological polar surface area (TPSA) is 143 Å². The van der Waals surface area contributed by atoms with Gasteiger partial charge >= 0.3 is 16.3 Å². The zero-order chi connectivity index (χ0) is 16.0. The number of hydrogen-bond donors (Lipinski definition) is 4. The van der Waals surface area contributed by atoms with E-state index >= 15 is 0 Å². The van der Waals surface area contributed by atoms with Gasteiger partial charge in [-0.05, 0) is 25.0 Å². The molecule has 1 aliphatic heterocycles. The van der Waals surface area contributed by atoms with Crippen molar-refractivity contribution < 1.29 is 23.1 Å². The molecule has 5 N–H and O–H groups in total. The van der Waals surface area contributed by atoms with Gasteiger partial charge in [-0.3, -0.25) is 4.72 Å². The van der Waals surface area contributed by atoms with Gasteiger partial charge in [-0.15, -0.1) is 4.40 Å². The Bertz CT molecular complexity index is 770. The molecule has 9 nitrogen and oxygen atoms in total. The summed E-state index contributed by atoms with van der Waals surface area (Å²) in [4.78, 5) is 10.7. The molecule has 1 saturated carbocycles. The third-order valence-electron chi connectivity index (χ3n) is 3.47. The van der Waals surface area contributed by atoms with Gasteiger partial charge in [0.2, 0.25) is 0 Å². The molecule has 22 heavy (non-hydrogen) atoms. The summed E-state index contributed by atoms with van der Waals surface area (Å²) in [6.07, 6.45) is 0.264. The number of carboxylic acid groups (broad SMARTS) is 1. The van der Waals surface area contributed by atoms with Crippen LogP contribution in [0.4, 0.5) is 10.5 Å². The van der Waals surface area contributed by atoms with E-state index in [0.717, 1.165) is 0 Å². The van der Waals surface area contributed by atoms with Crippen molar-refractivity contribution in [2.45, 2.75) is 18.4 Å². The predicted octanol–water partition coefficient (Wildman–Crippen LogP) is 0.241. The molecule has 1 fully saturated rings. The van der Waals surface area contributed by atoms with Crippen molar-refractivity contribution in [1.82, 2.24) is 5.32 Å². The number of fused-ring (bicyclic) bond motifs is 1. The van der Waals surface area contributed by atoms with Gasteiger partial charge in [-0.2, -0.15) is 8.42 Å². The van der Waals surface area contributed by atoms with Crippen molar-refractivity contribution in [3.63, 3.8) is 0 Å². The van der Waals surface area contributed by atoms with Gasteiger partial charge in [0.25, 0.3) is 0 Å². The third kappa shape index (κ3) is 2.77. The van der Waals surface area contributed by atoms with E-state index in [-0.39, 0.29) is 18.1 Å². The SMILES string of the molecule is NC1=NS(=O)(=O)Nc2cccc(OCC3(NC(=O)O)CC3)c21. The summed E-state index contributed by atoms with van der Waals surface area (Å²) in [5.74, 6) is 0.181. The molecule has 0 spiro atoms. The first-order chi connectivity index (χ1) is 10.3. The fraction of sp³-hybridized carbons (Fsp3) is 0.333. The van der Waals surface area contributed by atoms with Gasteiger partial charge in [0, 0.05) is 0 Å². The second kappa shape index (κ2) is 4.77. The van der Waals surface area contributed by atoms with Crippen LogP contribution in [-0.2, 0) is 10.2 Å². The van der Waals surface area contributed by atoms with Crippen LogP contribution in [0.3, 0.4) is 0 Å². The van der Waals surface area contributed by atoms with E-state index in [9.17, 15) is 13.2 Å². The van der Waals surface area contributed by atoms with Crippen molar-refractivity contribution in [3.05, 3.63) is 23.8 Å². The summed E-state index contributed by atoms with van der Waals surface area (Å²) >= 11 is 0. The van der Waals surface area contributed by atoms with Gasteiger partial charge in [0.05, 0.1) is 16.8 Å². The lowest BCUT2D eigenvalue weighted by atomic mass is 10.1. The summed E-state index contributed by atoms with van der Waals surface area (Å²) in [7, 11) is -3.84. The first-order valence-corrected chi connectivity index (χ1v) is 7.90. The van der Waals surface area contributed by atoms with Crippen LogP contribution >= 0.6 is 0 Å². The van der Waals surface area contributed by atoms with Crippen LogP contribution in [0.2, 0.25) is 0 Å². The number of anilines is 1. The van der Waals surface area contributed by atoms with Gasteiger partial charge in [0.1, 0.15) is 12.4 Å². The summed E-state index contributed by atoms with van der Waals surface area (Å²) in [5, 5.41) is 11.2. The van der Waals surface area contributed by atoms with E-state index < -0.39 is 21.8 Å². The molecule has 1 aliphatic carbocycles. The van der Waals surface area contributed by atoms with Crippen LogP contribution in [0, 0.1) is 0 Å². The first-order valence-electron chi connectivity index (χ1n) is 6.46. The highest BCUT2D eigenvalue weighted by atomic mass is 32.2. The summed E-state index contributed by atoms with van der Waals surface area (Å²) in [5.41, 5.74) is 5.74. The van der Waals surface area contributed by atoms with Crippen LogP contribution in [0.25, 0.3) is 0 Å². The highest BCUT2D eigenvalue weighted by Crippen LogP contribution is 2.37. The number of nitrogens with one attached hydrogen (secondary N) is 2. The minimum atomic E-state index is -3.84. The first kappa shape index (κ1) is 14.4. The lowest BCUT2D eigenvalue weighted by Gasteiger charge is -2.21. The maximum atomic E-state index is 11.5. The van der Waals surface area contributed by atoms with Crippen LogP contribution < -0.4 is 20.5 Å². The molecule has 1 aromatic rings. The Morgan fingerprint density at radius 2 is 2.23 bits per heavy atom. The Morgan fingerprint density at radius 1 is 1.50 bits per heavy atom. The Balaban J connectivity index is 1.84. The number of rotatable bonds is 4. The van der Waals surface area contributed by atoms with Crippen LogP contribution in [-0.4, -0.2) is 37.6 Å². The highest BCUT2D eigenvalue weighted by molar-refractivity contribution is 7.91. The fourth-order valence-electron chi connectivity index (χ4n) is 2.24. The number of ether oxygens (including phenoxy) is 1. The molecular weight excluding hydrogens is 312 g/mol. The second-order valence-corrected chi connectivity index (χ2v) is 6.57. The van der Waals surface area contributed by atoms with E-state index in [4.69, 9.17) is 15.6 Å². The molecule has 0 aromatic heterocycles. The zero-order valence-corrected chi connectivity index (χ0v) is 12.2. The van der Waals surface area contributed by atoms with Crippen LogP contribution in [0.15, 0.2) is 22.6 Å². The predicted molar refractivity (Wildman–Crippen MR) is 78.3 cm³/mol. The Kier molecular flexibility index (Phi) is 3.13. The van der Waals surface area contributed by atoms with Crippen molar-refractivity contribution in [2.24, 2.45) is 10.1 Å². The van der Waals surface area contributed by atoms with Crippen LogP contribution in [0.5, 0.6) is 5.75 Å². The van der Waals surface area contributed by atoms with Gasteiger partial charge in [0.15, 0.2) is 5.84 Å². The van der Waals surface area contributed by atoms with Crippen LogP contribution in [0.1, 0.15) is 18.4 Å². The monoisotopic (exact) mass is 326 g/mol. The average Bonchev–Trinajstić information content (AvgIpc) is 3.13. The van der Waals surface area contributed by atoms with E-state index in [1.54, 1.807) is 18.2 Å². The Labute approximate surface area is 126 Å². The van der Waals surface area contributed by atoms with Gasteiger partial charge < -0.3 is 20.9 Å². The Morgan fingerprint density at radius 3 is 2.86 bits per heavy atom. The summed E-state index contributed by atoms with van der Waals surface area (Å²) in [6.45, 7) is 0.135. The molecule has 0 atom stereocenters. The fourth-order valence-corrected chi connectivity index (χ4v) is 3.08. The number of carbonyl (C=O) groups is 1. The van der Waals surface area contributed by atoms with Gasteiger partial charge in [-0.25, -0.2) is 4.79 Å². The Hall–Kier alpha value is -2.49. The summed E-state index contributed by atoms with van der Waals surface area (Å²) in [6, 6.07) is 4.78. The lowest BCUT2D eigenvalue weighted by Crippen LogP contribution is -2.40. The smallest absolute Gasteiger partial charge is 0.405 e. The molecule has 1 heterocycles. The third-order valence-corrected chi connectivity index (χ3v) is 4.38. The number of benzene rings is 1. The van der Waals surface area contributed by atoms with E-state index in [1.807, 2.05) is 0 Å². The molecular formula is C12H14N4O5S.